The first kappa shape index (κ1) is 20.4. The van der Waals surface area contributed by atoms with Gasteiger partial charge in [0.05, 0.1) is 17.7 Å². The fraction of sp³-hybridized carbons (Fsp3) is 0.545. The number of ether oxygens (including phenoxy) is 1. The van der Waals surface area contributed by atoms with E-state index in [2.05, 4.69) is 4.90 Å². The molecule has 0 radical (unpaired) electrons. The van der Waals surface area contributed by atoms with Crippen LogP contribution in [0.5, 0.6) is 5.75 Å². The Hall–Kier alpha value is -2.34. The van der Waals surface area contributed by atoms with Crippen molar-refractivity contribution in [1.82, 2.24) is 9.80 Å². The van der Waals surface area contributed by atoms with Gasteiger partial charge in [-0.1, -0.05) is 18.6 Å². The van der Waals surface area contributed by atoms with Crippen molar-refractivity contribution in [2.45, 2.75) is 52.2 Å². The van der Waals surface area contributed by atoms with Crippen LogP contribution in [0, 0.1) is 0 Å². The van der Waals surface area contributed by atoms with Gasteiger partial charge in [0.25, 0.3) is 5.91 Å². The molecule has 6 heteroatoms. The van der Waals surface area contributed by atoms with Crippen LogP contribution in [0.1, 0.15) is 51.6 Å². The van der Waals surface area contributed by atoms with E-state index in [1.54, 1.807) is 4.90 Å². The van der Waals surface area contributed by atoms with Crippen LogP contribution < -0.4 is 4.74 Å². The molecule has 1 fully saturated rings. The molecule has 2 aliphatic heterocycles. The fourth-order valence-corrected chi connectivity index (χ4v) is 4.05. The molecular weight excluding hydrogens is 356 g/mol. The highest BCUT2D eigenvalue weighted by molar-refractivity contribution is 6.08. The number of aliphatic hydroxyl groups excluding tert-OH is 1. The Labute approximate surface area is 166 Å². The second-order valence-electron chi connectivity index (χ2n) is 7.86. The summed E-state index contributed by atoms with van der Waals surface area (Å²) in [6.45, 7) is 8.57. The molecule has 1 saturated heterocycles. The SMILES string of the molecule is CC(=O)C1=C(O)C(=O)N(CCN2CCCCC2)C1c1cccc(OC(C)C)c1. The van der Waals surface area contributed by atoms with Gasteiger partial charge in [0.2, 0.25) is 0 Å². The molecule has 1 aromatic rings. The summed E-state index contributed by atoms with van der Waals surface area (Å²) < 4.78 is 5.78. The van der Waals surface area contributed by atoms with E-state index < -0.39 is 17.7 Å². The van der Waals surface area contributed by atoms with Crippen molar-refractivity contribution in [2.75, 3.05) is 26.2 Å². The Morgan fingerprint density at radius 1 is 1.21 bits per heavy atom. The van der Waals surface area contributed by atoms with Gasteiger partial charge in [-0.25, -0.2) is 0 Å². The highest BCUT2D eigenvalue weighted by Gasteiger charge is 2.42. The number of rotatable bonds is 7. The van der Waals surface area contributed by atoms with Crippen LogP contribution in [0.4, 0.5) is 0 Å². The molecule has 152 valence electrons. The second kappa shape index (κ2) is 8.78. The predicted molar refractivity (Wildman–Crippen MR) is 107 cm³/mol. The fourth-order valence-electron chi connectivity index (χ4n) is 4.05. The zero-order chi connectivity index (χ0) is 20.3. The first-order valence-corrected chi connectivity index (χ1v) is 10.1. The molecule has 1 amide bonds. The van der Waals surface area contributed by atoms with Crippen molar-refractivity contribution in [3.8, 4) is 5.75 Å². The van der Waals surface area contributed by atoms with Crippen LogP contribution in [0.15, 0.2) is 35.6 Å². The molecule has 0 spiro atoms. The Balaban J connectivity index is 1.88. The minimum atomic E-state index is -0.578. The number of hydrogen-bond donors (Lipinski definition) is 1. The molecule has 2 aliphatic rings. The summed E-state index contributed by atoms with van der Waals surface area (Å²) in [7, 11) is 0. The quantitative estimate of drug-likeness (QED) is 0.779. The van der Waals surface area contributed by atoms with Gasteiger partial charge in [-0.15, -0.1) is 0 Å². The van der Waals surface area contributed by atoms with Gasteiger partial charge >= 0.3 is 0 Å². The molecule has 1 unspecified atom stereocenters. The molecule has 28 heavy (non-hydrogen) atoms. The van der Waals surface area contributed by atoms with Gasteiger partial charge in [0.15, 0.2) is 11.5 Å². The normalized spacial score (nSPS) is 20.9. The van der Waals surface area contributed by atoms with E-state index in [1.807, 2.05) is 38.1 Å². The summed E-state index contributed by atoms with van der Waals surface area (Å²) in [5, 5.41) is 10.4. The van der Waals surface area contributed by atoms with E-state index in [-0.39, 0.29) is 17.5 Å². The van der Waals surface area contributed by atoms with Crippen molar-refractivity contribution in [2.24, 2.45) is 0 Å². The minimum absolute atomic E-state index is 0.0203. The Bertz CT molecular complexity index is 766. The summed E-state index contributed by atoms with van der Waals surface area (Å²) in [6.07, 6.45) is 3.62. The van der Waals surface area contributed by atoms with Gasteiger partial charge < -0.3 is 19.6 Å². The van der Waals surface area contributed by atoms with Gasteiger partial charge in [-0.3, -0.25) is 9.59 Å². The average Bonchev–Trinajstić information content (AvgIpc) is 2.91. The molecule has 6 nitrogen and oxygen atoms in total. The third-order valence-corrected chi connectivity index (χ3v) is 5.33. The molecule has 0 aliphatic carbocycles. The summed E-state index contributed by atoms with van der Waals surface area (Å²) in [4.78, 5) is 29.0. The largest absolute Gasteiger partial charge is 0.503 e. The van der Waals surface area contributed by atoms with Crippen LogP contribution in [0.3, 0.4) is 0 Å². The summed E-state index contributed by atoms with van der Waals surface area (Å²) in [5.74, 6) is -0.495. The lowest BCUT2D eigenvalue weighted by Crippen LogP contribution is -2.40. The second-order valence-corrected chi connectivity index (χ2v) is 7.86. The van der Waals surface area contributed by atoms with Gasteiger partial charge in [0, 0.05) is 13.1 Å². The maximum atomic E-state index is 12.8. The molecule has 0 aromatic heterocycles. The van der Waals surface area contributed by atoms with Gasteiger partial charge in [0.1, 0.15) is 5.75 Å². The van der Waals surface area contributed by atoms with E-state index in [0.29, 0.717) is 12.3 Å². The lowest BCUT2D eigenvalue weighted by Gasteiger charge is -2.31. The van der Waals surface area contributed by atoms with Crippen molar-refractivity contribution in [3.63, 3.8) is 0 Å². The third kappa shape index (κ3) is 4.38. The zero-order valence-corrected chi connectivity index (χ0v) is 17.0. The predicted octanol–water partition coefficient (Wildman–Crippen LogP) is 3.24. The highest BCUT2D eigenvalue weighted by atomic mass is 16.5. The molecule has 0 saturated carbocycles. The molecule has 3 rings (SSSR count). The number of hydrogen-bond acceptors (Lipinski definition) is 5. The van der Waals surface area contributed by atoms with Crippen LogP contribution in [0.25, 0.3) is 0 Å². The van der Waals surface area contributed by atoms with Crippen LogP contribution >= 0.6 is 0 Å². The number of ketones is 1. The van der Waals surface area contributed by atoms with E-state index in [1.165, 1.54) is 26.2 Å². The molecule has 2 heterocycles. The molecular formula is C22H30N2O4. The number of amides is 1. The Kier molecular flexibility index (Phi) is 6.39. The molecule has 1 aromatic carbocycles. The highest BCUT2D eigenvalue weighted by Crippen LogP contribution is 2.38. The third-order valence-electron chi connectivity index (χ3n) is 5.33. The number of carbonyl (C=O) groups is 2. The van der Waals surface area contributed by atoms with Crippen molar-refractivity contribution in [3.05, 3.63) is 41.2 Å². The number of Topliss-reactive ketones (excluding diaryl/α,β-unsaturated/α-hetero) is 1. The van der Waals surface area contributed by atoms with Crippen LogP contribution in [0.2, 0.25) is 0 Å². The van der Waals surface area contributed by atoms with Crippen molar-refractivity contribution in [1.29, 1.82) is 0 Å². The number of aliphatic hydroxyl groups is 1. The van der Waals surface area contributed by atoms with Crippen LogP contribution in [-0.2, 0) is 9.59 Å². The average molecular weight is 386 g/mol. The lowest BCUT2D eigenvalue weighted by molar-refractivity contribution is -0.129. The first-order chi connectivity index (χ1) is 13.4. The summed E-state index contributed by atoms with van der Waals surface area (Å²) >= 11 is 0. The van der Waals surface area contributed by atoms with Gasteiger partial charge in [-0.2, -0.15) is 0 Å². The molecule has 1 N–H and O–H groups in total. The van der Waals surface area contributed by atoms with E-state index >= 15 is 0 Å². The smallest absolute Gasteiger partial charge is 0.290 e. The zero-order valence-electron chi connectivity index (χ0n) is 17.0. The van der Waals surface area contributed by atoms with Crippen molar-refractivity contribution >= 4 is 11.7 Å². The number of likely N-dealkylation sites (tertiary alicyclic amines) is 1. The first-order valence-electron chi connectivity index (χ1n) is 10.1. The Morgan fingerprint density at radius 2 is 1.93 bits per heavy atom. The number of benzene rings is 1. The number of piperidine rings is 1. The summed E-state index contributed by atoms with van der Waals surface area (Å²) in [6, 6.07) is 6.86. The van der Waals surface area contributed by atoms with Crippen LogP contribution in [-0.4, -0.2) is 58.9 Å². The standard InChI is InChI=1S/C22H30N2O4/c1-15(2)28-18-9-7-8-17(14-18)20-19(16(3)25)21(26)22(27)24(20)13-12-23-10-5-4-6-11-23/h7-9,14-15,20,26H,4-6,10-13H2,1-3H3. The van der Waals surface area contributed by atoms with E-state index in [0.717, 1.165) is 25.2 Å². The number of nitrogens with zero attached hydrogens (tertiary/aromatic N) is 2. The topological polar surface area (TPSA) is 70.1 Å². The maximum Gasteiger partial charge on any atom is 0.290 e. The lowest BCUT2D eigenvalue weighted by atomic mass is 9.96. The van der Waals surface area contributed by atoms with Gasteiger partial charge in [-0.05, 0) is 64.4 Å². The number of carbonyl (C=O) groups excluding carboxylic acids is 2. The monoisotopic (exact) mass is 386 g/mol. The van der Waals surface area contributed by atoms with E-state index in [4.69, 9.17) is 4.74 Å². The maximum absolute atomic E-state index is 12.8. The molecule has 1 atom stereocenters. The summed E-state index contributed by atoms with van der Waals surface area (Å²) in [5.41, 5.74) is 0.949. The van der Waals surface area contributed by atoms with Crippen molar-refractivity contribution < 1.29 is 19.4 Å². The molecule has 0 bridgehead atoms. The Morgan fingerprint density at radius 3 is 2.57 bits per heavy atom. The minimum Gasteiger partial charge on any atom is -0.503 e. The van der Waals surface area contributed by atoms with E-state index in [9.17, 15) is 14.7 Å².